The zero-order valence-corrected chi connectivity index (χ0v) is 15.7. The number of alkyl halides is 5. The molecular formula is C19H15F5N2O4. The Balaban J connectivity index is 1.76. The molecule has 4 rings (SSSR count). The number of amides is 2. The molecule has 3 saturated heterocycles. The van der Waals surface area contributed by atoms with Crippen molar-refractivity contribution >= 4 is 17.5 Å². The minimum absolute atomic E-state index is 0.0664. The number of fused-ring (bicyclic) bond motifs is 5. The molecule has 6 nitrogen and oxygen atoms in total. The highest BCUT2D eigenvalue weighted by atomic mass is 19.4. The minimum Gasteiger partial charge on any atom is -0.365 e. The van der Waals surface area contributed by atoms with Crippen molar-refractivity contribution < 1.29 is 41.0 Å². The van der Waals surface area contributed by atoms with Crippen molar-refractivity contribution in [3.05, 3.63) is 29.3 Å². The Morgan fingerprint density at radius 3 is 2.43 bits per heavy atom. The predicted molar refractivity (Wildman–Crippen MR) is 89.0 cm³/mol. The van der Waals surface area contributed by atoms with Crippen molar-refractivity contribution in [2.45, 2.75) is 50.4 Å². The van der Waals surface area contributed by atoms with Crippen LogP contribution in [0.5, 0.6) is 0 Å². The molecule has 1 aromatic carbocycles. The zero-order chi connectivity index (χ0) is 22.2. The first kappa shape index (κ1) is 20.7. The SMILES string of the molecule is CC12C[C@@H](OC(F)F)C(C)(O1)[C@@H]1C(=O)N(c3ccc(C#N)c(C(F)(F)F)c3)C(=O)[C@@H]12. The normalized spacial score (nSPS) is 35.3. The van der Waals surface area contributed by atoms with E-state index in [-0.39, 0.29) is 12.1 Å². The first-order chi connectivity index (χ1) is 13.8. The topological polar surface area (TPSA) is 79.6 Å². The minimum atomic E-state index is -4.88. The molecule has 0 radical (unpaired) electrons. The van der Waals surface area contributed by atoms with Gasteiger partial charge in [0.2, 0.25) is 11.8 Å². The van der Waals surface area contributed by atoms with Gasteiger partial charge in [-0.15, -0.1) is 0 Å². The van der Waals surface area contributed by atoms with Crippen molar-refractivity contribution in [1.82, 2.24) is 0 Å². The number of anilines is 1. The zero-order valence-electron chi connectivity index (χ0n) is 15.7. The summed E-state index contributed by atoms with van der Waals surface area (Å²) in [6.45, 7) is -0.225. The van der Waals surface area contributed by atoms with Crippen LogP contribution in [0.4, 0.5) is 27.6 Å². The summed E-state index contributed by atoms with van der Waals surface area (Å²) in [4.78, 5) is 26.8. The first-order valence-corrected chi connectivity index (χ1v) is 8.96. The highest BCUT2D eigenvalue weighted by Crippen LogP contribution is 2.62. The van der Waals surface area contributed by atoms with Crippen molar-refractivity contribution in [2.75, 3.05) is 4.90 Å². The quantitative estimate of drug-likeness (QED) is 0.544. The van der Waals surface area contributed by atoms with E-state index in [4.69, 9.17) is 10.00 Å². The van der Waals surface area contributed by atoms with Gasteiger partial charge in [-0.25, -0.2) is 4.90 Å². The van der Waals surface area contributed by atoms with Gasteiger partial charge < -0.3 is 9.47 Å². The molecule has 0 aliphatic carbocycles. The highest BCUT2D eigenvalue weighted by Gasteiger charge is 2.76. The van der Waals surface area contributed by atoms with Gasteiger partial charge in [0.05, 0.1) is 46.4 Å². The third-order valence-corrected chi connectivity index (χ3v) is 6.22. The van der Waals surface area contributed by atoms with E-state index in [1.54, 1.807) is 0 Å². The number of carbonyl (C=O) groups excluding carboxylic acids is 2. The average molecular weight is 430 g/mol. The third-order valence-electron chi connectivity index (χ3n) is 6.22. The van der Waals surface area contributed by atoms with Gasteiger partial charge in [-0.1, -0.05) is 0 Å². The number of ether oxygens (including phenoxy) is 2. The lowest BCUT2D eigenvalue weighted by Gasteiger charge is -2.34. The Kier molecular flexibility index (Phi) is 4.28. The van der Waals surface area contributed by atoms with Crippen LogP contribution >= 0.6 is 0 Å². The van der Waals surface area contributed by atoms with Crippen molar-refractivity contribution in [2.24, 2.45) is 11.8 Å². The smallest absolute Gasteiger partial charge is 0.365 e. The molecule has 2 amide bonds. The Morgan fingerprint density at radius 1 is 1.23 bits per heavy atom. The molecule has 0 aromatic heterocycles. The molecule has 2 bridgehead atoms. The highest BCUT2D eigenvalue weighted by molar-refractivity contribution is 6.23. The average Bonchev–Trinajstić information content (AvgIpc) is 3.14. The summed E-state index contributed by atoms with van der Waals surface area (Å²) >= 11 is 0. The van der Waals surface area contributed by atoms with Crippen LogP contribution in [0, 0.1) is 23.2 Å². The van der Waals surface area contributed by atoms with Gasteiger partial charge in [0, 0.05) is 6.42 Å². The molecule has 3 aliphatic rings. The number of benzene rings is 1. The maximum Gasteiger partial charge on any atom is 0.417 e. The summed E-state index contributed by atoms with van der Waals surface area (Å²) in [6.07, 6.45) is -6.10. The van der Waals surface area contributed by atoms with E-state index in [9.17, 15) is 31.5 Å². The molecular weight excluding hydrogens is 415 g/mol. The second-order valence-corrected chi connectivity index (χ2v) is 7.99. The van der Waals surface area contributed by atoms with Crippen molar-refractivity contribution in [3.8, 4) is 6.07 Å². The monoisotopic (exact) mass is 430 g/mol. The number of nitrogens with zero attached hydrogens (tertiary/aromatic N) is 2. The molecule has 3 heterocycles. The van der Waals surface area contributed by atoms with E-state index >= 15 is 0 Å². The van der Waals surface area contributed by atoms with Gasteiger partial charge in [0.1, 0.15) is 5.60 Å². The van der Waals surface area contributed by atoms with E-state index in [0.717, 1.165) is 12.1 Å². The van der Waals surface area contributed by atoms with Crippen LogP contribution in [0.2, 0.25) is 0 Å². The van der Waals surface area contributed by atoms with Crippen LogP contribution in [0.25, 0.3) is 0 Å². The number of halogens is 5. The number of carbonyl (C=O) groups is 2. The first-order valence-electron chi connectivity index (χ1n) is 8.96. The van der Waals surface area contributed by atoms with Gasteiger partial charge in [0.15, 0.2) is 0 Å². The lowest BCUT2D eigenvalue weighted by atomic mass is 9.67. The number of hydrogen-bond donors (Lipinski definition) is 0. The number of nitriles is 1. The van der Waals surface area contributed by atoms with Crippen molar-refractivity contribution in [1.29, 1.82) is 5.26 Å². The van der Waals surface area contributed by atoms with E-state index in [2.05, 4.69) is 4.74 Å². The Bertz CT molecular complexity index is 990. The van der Waals surface area contributed by atoms with Crippen LogP contribution in [-0.4, -0.2) is 35.7 Å². The number of imide groups is 1. The molecule has 2 unspecified atom stereocenters. The Hall–Kier alpha value is -2.58. The molecule has 0 saturated carbocycles. The van der Waals surface area contributed by atoms with Crippen LogP contribution in [-0.2, 0) is 25.2 Å². The summed E-state index contributed by atoms with van der Waals surface area (Å²) in [5.41, 5.74) is -5.09. The van der Waals surface area contributed by atoms with Crippen molar-refractivity contribution in [3.63, 3.8) is 0 Å². The fraction of sp³-hybridized carbons (Fsp3) is 0.526. The summed E-state index contributed by atoms with van der Waals surface area (Å²) in [5, 5.41) is 8.93. The van der Waals surface area contributed by atoms with Gasteiger partial charge in [0.25, 0.3) is 0 Å². The molecule has 3 aliphatic heterocycles. The summed E-state index contributed by atoms with van der Waals surface area (Å²) in [7, 11) is 0. The molecule has 11 heteroatoms. The van der Waals surface area contributed by atoms with Gasteiger partial charge >= 0.3 is 12.8 Å². The lowest BCUT2D eigenvalue weighted by molar-refractivity contribution is -0.200. The number of hydrogen-bond acceptors (Lipinski definition) is 5. The standard InChI is InChI=1S/C19H15F5N2O4/c1-17-6-11(29-16(20)21)18(2,30-17)13-12(17)14(27)26(15(13)28)9-4-3-8(7-25)10(5-9)19(22,23)24/h3-5,11-13,16H,6H2,1-2H3/t11-,12-,13+,17?,18?/m1/s1. The van der Waals surface area contributed by atoms with E-state index in [1.807, 2.05) is 0 Å². The Morgan fingerprint density at radius 2 is 1.87 bits per heavy atom. The molecule has 5 atom stereocenters. The molecule has 30 heavy (non-hydrogen) atoms. The van der Waals surface area contributed by atoms with Gasteiger partial charge in [-0.2, -0.15) is 27.2 Å². The lowest BCUT2D eigenvalue weighted by Crippen LogP contribution is -2.50. The molecule has 0 spiro atoms. The van der Waals surface area contributed by atoms with E-state index in [1.165, 1.54) is 19.9 Å². The fourth-order valence-electron chi connectivity index (χ4n) is 5.06. The second kappa shape index (κ2) is 6.21. The van der Waals surface area contributed by atoms with Gasteiger partial charge in [-0.05, 0) is 32.0 Å². The number of rotatable bonds is 3. The predicted octanol–water partition coefficient (Wildman–Crippen LogP) is 3.24. The van der Waals surface area contributed by atoms with E-state index in [0.29, 0.717) is 11.0 Å². The summed E-state index contributed by atoms with van der Waals surface area (Å²) in [6, 6.07) is 3.95. The molecule has 0 N–H and O–H groups in total. The summed E-state index contributed by atoms with van der Waals surface area (Å²) in [5.74, 6) is -3.85. The van der Waals surface area contributed by atoms with Crippen LogP contribution in [0.1, 0.15) is 31.4 Å². The van der Waals surface area contributed by atoms with Gasteiger partial charge in [-0.3, -0.25) is 9.59 Å². The fourth-order valence-corrected chi connectivity index (χ4v) is 5.06. The van der Waals surface area contributed by atoms with Crippen LogP contribution < -0.4 is 4.90 Å². The maximum atomic E-state index is 13.3. The molecule has 160 valence electrons. The second-order valence-electron chi connectivity index (χ2n) is 7.99. The summed E-state index contributed by atoms with van der Waals surface area (Å²) < 4.78 is 76.0. The molecule has 3 fully saturated rings. The maximum absolute atomic E-state index is 13.3. The van der Waals surface area contributed by atoms with Crippen LogP contribution in [0.3, 0.4) is 0 Å². The van der Waals surface area contributed by atoms with Crippen LogP contribution in [0.15, 0.2) is 18.2 Å². The Labute approximate surface area is 167 Å². The molecule has 1 aromatic rings. The largest absolute Gasteiger partial charge is 0.417 e. The third kappa shape index (κ3) is 2.66. The van der Waals surface area contributed by atoms with E-state index < -0.39 is 64.9 Å².